The van der Waals surface area contributed by atoms with Crippen molar-refractivity contribution in [3.63, 3.8) is 0 Å². The number of nitrogens with one attached hydrogen (secondary N) is 1. The van der Waals surface area contributed by atoms with Gasteiger partial charge < -0.3 is 19.9 Å². The van der Waals surface area contributed by atoms with Crippen LogP contribution < -0.4 is 10.1 Å². The van der Waals surface area contributed by atoms with Gasteiger partial charge in [0.15, 0.2) is 0 Å². The summed E-state index contributed by atoms with van der Waals surface area (Å²) in [5.41, 5.74) is 0.616. The van der Waals surface area contributed by atoms with Crippen LogP contribution in [0.4, 0.5) is 0 Å². The zero-order valence-electron chi connectivity index (χ0n) is 18.8. The standard InChI is InChI=1S/C23H37N3O3/c1-17(2)29-20-10-8-7-9-19(20)22(28)26-13-11-18(12-14-26)21(27)24-15-23(3,4)16-25(5)6/h7-10,17-18H,11-16H2,1-6H3,(H,24,27). The number of nitrogens with zero attached hydrogens (tertiary/aromatic N) is 2. The SMILES string of the molecule is CC(C)Oc1ccccc1C(=O)N1CCC(C(=O)NCC(C)(C)CN(C)C)CC1. The molecule has 0 aromatic heterocycles. The summed E-state index contributed by atoms with van der Waals surface area (Å²) in [7, 11) is 4.08. The highest BCUT2D eigenvalue weighted by Crippen LogP contribution is 2.25. The summed E-state index contributed by atoms with van der Waals surface area (Å²) in [6, 6.07) is 7.38. The first-order chi connectivity index (χ1) is 13.6. The van der Waals surface area contributed by atoms with Crippen LogP contribution in [0.5, 0.6) is 5.75 Å². The Labute approximate surface area is 175 Å². The molecule has 2 amide bonds. The average molecular weight is 404 g/mol. The van der Waals surface area contributed by atoms with Crippen molar-refractivity contribution in [3.05, 3.63) is 29.8 Å². The second-order valence-corrected chi connectivity index (χ2v) is 9.35. The van der Waals surface area contributed by atoms with Crippen LogP contribution in [0.2, 0.25) is 0 Å². The Hall–Kier alpha value is -2.08. The molecule has 2 rings (SSSR count). The zero-order chi connectivity index (χ0) is 21.6. The van der Waals surface area contributed by atoms with Crippen LogP contribution in [0, 0.1) is 11.3 Å². The number of amides is 2. The fraction of sp³-hybridized carbons (Fsp3) is 0.652. The molecule has 1 fully saturated rings. The third-order valence-electron chi connectivity index (χ3n) is 5.12. The van der Waals surface area contributed by atoms with Gasteiger partial charge in [0, 0.05) is 32.1 Å². The summed E-state index contributed by atoms with van der Waals surface area (Å²) in [5.74, 6) is 0.673. The molecule has 0 bridgehead atoms. The quantitative estimate of drug-likeness (QED) is 0.725. The third kappa shape index (κ3) is 7.03. The smallest absolute Gasteiger partial charge is 0.257 e. The van der Waals surface area contributed by atoms with E-state index >= 15 is 0 Å². The Morgan fingerprint density at radius 2 is 1.83 bits per heavy atom. The third-order valence-corrected chi connectivity index (χ3v) is 5.12. The molecule has 1 aliphatic rings. The number of likely N-dealkylation sites (tertiary alicyclic amines) is 1. The van der Waals surface area contributed by atoms with Crippen molar-refractivity contribution in [2.45, 2.75) is 46.6 Å². The minimum absolute atomic E-state index is 0.00938. The molecule has 6 heteroatoms. The predicted molar refractivity (Wildman–Crippen MR) is 116 cm³/mol. The molecule has 1 aliphatic heterocycles. The Morgan fingerprint density at radius 3 is 2.41 bits per heavy atom. The molecule has 0 atom stereocenters. The molecule has 0 saturated carbocycles. The van der Waals surface area contributed by atoms with Crippen LogP contribution in [0.15, 0.2) is 24.3 Å². The van der Waals surface area contributed by atoms with E-state index in [4.69, 9.17) is 4.74 Å². The Morgan fingerprint density at radius 1 is 1.21 bits per heavy atom. The van der Waals surface area contributed by atoms with Crippen molar-refractivity contribution in [1.29, 1.82) is 0 Å². The molecule has 0 radical (unpaired) electrons. The van der Waals surface area contributed by atoms with Gasteiger partial charge in [-0.15, -0.1) is 0 Å². The number of ether oxygens (including phenoxy) is 1. The van der Waals surface area contributed by atoms with Crippen molar-refractivity contribution in [3.8, 4) is 5.75 Å². The molecular weight excluding hydrogens is 366 g/mol. The van der Waals surface area contributed by atoms with Crippen molar-refractivity contribution >= 4 is 11.8 Å². The lowest BCUT2D eigenvalue weighted by Gasteiger charge is -2.33. The molecule has 1 saturated heterocycles. The van der Waals surface area contributed by atoms with Gasteiger partial charge >= 0.3 is 0 Å². The highest BCUT2D eigenvalue weighted by molar-refractivity contribution is 5.97. The van der Waals surface area contributed by atoms with E-state index in [9.17, 15) is 9.59 Å². The van der Waals surface area contributed by atoms with Crippen molar-refractivity contribution < 1.29 is 14.3 Å². The van der Waals surface area contributed by atoms with E-state index in [1.807, 2.05) is 57.1 Å². The highest BCUT2D eigenvalue weighted by Gasteiger charge is 2.30. The minimum atomic E-state index is -0.0311. The predicted octanol–water partition coefficient (Wildman–Crippen LogP) is 3.03. The van der Waals surface area contributed by atoms with Gasteiger partial charge in [-0.1, -0.05) is 26.0 Å². The van der Waals surface area contributed by atoms with E-state index in [0.717, 1.165) is 6.54 Å². The van der Waals surface area contributed by atoms with Crippen LogP contribution in [0.3, 0.4) is 0 Å². The zero-order valence-corrected chi connectivity index (χ0v) is 18.8. The number of carbonyl (C=O) groups excluding carboxylic acids is 2. The maximum Gasteiger partial charge on any atom is 0.257 e. The molecular formula is C23H37N3O3. The largest absolute Gasteiger partial charge is 0.490 e. The van der Waals surface area contributed by atoms with Gasteiger partial charge in [0.25, 0.3) is 5.91 Å². The minimum Gasteiger partial charge on any atom is -0.490 e. The fourth-order valence-corrected chi connectivity index (χ4v) is 3.90. The summed E-state index contributed by atoms with van der Waals surface area (Å²) in [6.45, 7) is 11.0. The summed E-state index contributed by atoms with van der Waals surface area (Å²) >= 11 is 0. The summed E-state index contributed by atoms with van der Waals surface area (Å²) in [6.07, 6.45) is 1.40. The van der Waals surface area contributed by atoms with E-state index in [2.05, 4.69) is 24.1 Å². The van der Waals surface area contributed by atoms with Crippen molar-refractivity contribution in [2.24, 2.45) is 11.3 Å². The maximum absolute atomic E-state index is 13.0. The number of carbonyl (C=O) groups is 2. The van der Waals surface area contributed by atoms with Crippen molar-refractivity contribution in [2.75, 3.05) is 40.3 Å². The van der Waals surface area contributed by atoms with E-state index in [-0.39, 0.29) is 29.3 Å². The summed E-state index contributed by atoms with van der Waals surface area (Å²) in [4.78, 5) is 29.6. The number of benzene rings is 1. The van der Waals surface area contributed by atoms with Crippen LogP contribution in [-0.2, 0) is 4.79 Å². The monoisotopic (exact) mass is 403 g/mol. The molecule has 0 aliphatic carbocycles. The molecule has 0 unspecified atom stereocenters. The number of rotatable bonds is 8. The maximum atomic E-state index is 13.0. The topological polar surface area (TPSA) is 61.9 Å². The van der Waals surface area contributed by atoms with E-state index in [1.165, 1.54) is 0 Å². The Bertz CT molecular complexity index is 692. The van der Waals surface area contributed by atoms with Crippen LogP contribution in [0.1, 0.15) is 50.9 Å². The van der Waals surface area contributed by atoms with Crippen LogP contribution in [0.25, 0.3) is 0 Å². The molecule has 162 valence electrons. The van der Waals surface area contributed by atoms with Gasteiger partial charge in [0.1, 0.15) is 5.75 Å². The molecule has 6 nitrogen and oxygen atoms in total. The highest BCUT2D eigenvalue weighted by atomic mass is 16.5. The summed E-state index contributed by atoms with van der Waals surface area (Å²) in [5, 5.41) is 3.12. The normalized spacial score (nSPS) is 15.7. The number of piperidine rings is 1. The molecule has 1 aromatic carbocycles. The number of para-hydroxylation sites is 1. The second-order valence-electron chi connectivity index (χ2n) is 9.35. The lowest BCUT2D eigenvalue weighted by molar-refractivity contribution is -0.126. The van der Waals surface area contributed by atoms with E-state index in [0.29, 0.717) is 43.8 Å². The first kappa shape index (κ1) is 23.2. The van der Waals surface area contributed by atoms with E-state index in [1.54, 1.807) is 0 Å². The first-order valence-electron chi connectivity index (χ1n) is 10.6. The molecule has 1 heterocycles. The van der Waals surface area contributed by atoms with Crippen molar-refractivity contribution in [1.82, 2.24) is 15.1 Å². The summed E-state index contributed by atoms with van der Waals surface area (Å²) < 4.78 is 5.79. The average Bonchev–Trinajstić information content (AvgIpc) is 2.65. The Kier molecular flexibility index (Phi) is 8.08. The first-order valence-corrected chi connectivity index (χ1v) is 10.6. The molecule has 1 N–H and O–H groups in total. The lowest BCUT2D eigenvalue weighted by Crippen LogP contribution is -2.46. The molecule has 29 heavy (non-hydrogen) atoms. The van der Waals surface area contributed by atoms with Gasteiger partial charge in [0.05, 0.1) is 11.7 Å². The second kappa shape index (κ2) is 10.1. The lowest BCUT2D eigenvalue weighted by atomic mass is 9.91. The molecule has 1 aromatic rings. The van der Waals surface area contributed by atoms with Gasteiger partial charge in [-0.3, -0.25) is 9.59 Å². The van der Waals surface area contributed by atoms with Gasteiger partial charge in [0.2, 0.25) is 5.91 Å². The number of hydrogen-bond donors (Lipinski definition) is 1. The van der Waals surface area contributed by atoms with Gasteiger partial charge in [-0.05, 0) is 58.3 Å². The Balaban J connectivity index is 1.89. The van der Waals surface area contributed by atoms with Crippen LogP contribution in [-0.4, -0.2) is 68.0 Å². The molecule has 0 spiro atoms. The number of hydrogen-bond acceptors (Lipinski definition) is 4. The van der Waals surface area contributed by atoms with Gasteiger partial charge in [-0.25, -0.2) is 0 Å². The van der Waals surface area contributed by atoms with Gasteiger partial charge in [-0.2, -0.15) is 0 Å². The fourth-order valence-electron chi connectivity index (χ4n) is 3.90. The van der Waals surface area contributed by atoms with E-state index < -0.39 is 0 Å². The van der Waals surface area contributed by atoms with Crippen LogP contribution >= 0.6 is 0 Å².